The summed E-state index contributed by atoms with van der Waals surface area (Å²) in [5, 5.41) is 7.30. The van der Waals surface area contributed by atoms with Crippen LogP contribution in [0.4, 0.5) is 0 Å². The van der Waals surface area contributed by atoms with Crippen molar-refractivity contribution in [2.45, 2.75) is 33.1 Å². The lowest BCUT2D eigenvalue weighted by Crippen LogP contribution is -2.35. The van der Waals surface area contributed by atoms with Crippen molar-refractivity contribution in [1.82, 2.24) is 10.5 Å². The standard InChI is InChI=1S/C12H20N2O3/c1-9(2)4-13-5-10-3-11(17-14-10)8-16-12-6-15-7-12/h3,9,12-13H,4-8H2,1-2H3. The van der Waals surface area contributed by atoms with Crippen molar-refractivity contribution < 1.29 is 14.0 Å². The van der Waals surface area contributed by atoms with Gasteiger partial charge in [-0.3, -0.25) is 0 Å². The van der Waals surface area contributed by atoms with E-state index in [1.54, 1.807) is 0 Å². The largest absolute Gasteiger partial charge is 0.376 e. The van der Waals surface area contributed by atoms with Gasteiger partial charge in [-0.05, 0) is 12.5 Å². The van der Waals surface area contributed by atoms with Gasteiger partial charge in [-0.1, -0.05) is 19.0 Å². The average molecular weight is 240 g/mol. The van der Waals surface area contributed by atoms with E-state index in [4.69, 9.17) is 14.0 Å². The van der Waals surface area contributed by atoms with Gasteiger partial charge in [-0.15, -0.1) is 0 Å². The molecular weight excluding hydrogens is 220 g/mol. The molecule has 5 nitrogen and oxygen atoms in total. The first-order valence-electron chi connectivity index (χ1n) is 6.08. The van der Waals surface area contributed by atoms with Gasteiger partial charge in [0.2, 0.25) is 0 Å². The lowest BCUT2D eigenvalue weighted by Gasteiger charge is -2.25. The molecule has 2 rings (SSSR count). The fraction of sp³-hybridized carbons (Fsp3) is 0.750. The quantitative estimate of drug-likeness (QED) is 0.779. The maximum Gasteiger partial charge on any atom is 0.162 e. The lowest BCUT2D eigenvalue weighted by atomic mass is 10.2. The third-order valence-electron chi connectivity index (χ3n) is 2.54. The Hall–Kier alpha value is -0.910. The van der Waals surface area contributed by atoms with Gasteiger partial charge in [0.05, 0.1) is 18.9 Å². The first-order chi connectivity index (χ1) is 8.24. The third-order valence-corrected chi connectivity index (χ3v) is 2.54. The highest BCUT2D eigenvalue weighted by Crippen LogP contribution is 2.11. The molecule has 0 bridgehead atoms. The van der Waals surface area contributed by atoms with Crippen LogP contribution in [0.3, 0.4) is 0 Å². The fourth-order valence-corrected chi connectivity index (χ4v) is 1.51. The number of rotatable bonds is 7. The SMILES string of the molecule is CC(C)CNCc1cc(COC2COC2)on1. The molecular formula is C12H20N2O3. The normalized spacial score (nSPS) is 16.4. The Bertz CT molecular complexity index is 334. The molecule has 0 amide bonds. The lowest BCUT2D eigenvalue weighted by molar-refractivity contribution is -0.138. The highest BCUT2D eigenvalue weighted by Gasteiger charge is 2.19. The van der Waals surface area contributed by atoms with Crippen LogP contribution in [0.5, 0.6) is 0 Å². The van der Waals surface area contributed by atoms with Gasteiger partial charge in [0.15, 0.2) is 5.76 Å². The van der Waals surface area contributed by atoms with Crippen LogP contribution in [0.1, 0.15) is 25.3 Å². The number of hydrogen-bond donors (Lipinski definition) is 1. The molecule has 1 aromatic heterocycles. The Labute approximate surface area is 101 Å². The average Bonchev–Trinajstić information content (AvgIpc) is 2.63. The molecule has 1 aliphatic heterocycles. The Morgan fingerprint density at radius 3 is 3.00 bits per heavy atom. The summed E-state index contributed by atoms with van der Waals surface area (Å²) in [5.41, 5.74) is 0.925. The van der Waals surface area contributed by atoms with E-state index in [1.165, 1.54) is 0 Å². The Morgan fingerprint density at radius 1 is 1.53 bits per heavy atom. The monoisotopic (exact) mass is 240 g/mol. The van der Waals surface area contributed by atoms with E-state index in [0.29, 0.717) is 25.7 Å². The summed E-state index contributed by atoms with van der Waals surface area (Å²) in [5.74, 6) is 1.42. The van der Waals surface area contributed by atoms with E-state index >= 15 is 0 Å². The maximum atomic E-state index is 5.54. The molecule has 0 aromatic carbocycles. The molecule has 1 aliphatic rings. The summed E-state index contributed by atoms with van der Waals surface area (Å²) in [6.07, 6.45) is 0.225. The van der Waals surface area contributed by atoms with Crippen LogP contribution in [0.25, 0.3) is 0 Å². The van der Waals surface area contributed by atoms with Crippen LogP contribution >= 0.6 is 0 Å². The van der Waals surface area contributed by atoms with Crippen LogP contribution in [-0.4, -0.2) is 31.0 Å². The van der Waals surface area contributed by atoms with Crippen molar-refractivity contribution in [3.63, 3.8) is 0 Å². The number of aromatic nitrogens is 1. The van der Waals surface area contributed by atoms with E-state index < -0.39 is 0 Å². The van der Waals surface area contributed by atoms with E-state index in [-0.39, 0.29) is 6.10 Å². The molecule has 0 atom stereocenters. The molecule has 0 radical (unpaired) electrons. The molecule has 1 saturated heterocycles. The Kier molecular flexibility index (Phi) is 4.53. The van der Waals surface area contributed by atoms with Crippen molar-refractivity contribution in [1.29, 1.82) is 0 Å². The summed E-state index contributed by atoms with van der Waals surface area (Å²) < 4.78 is 15.7. The molecule has 2 heterocycles. The molecule has 17 heavy (non-hydrogen) atoms. The first-order valence-corrected chi connectivity index (χ1v) is 6.08. The maximum absolute atomic E-state index is 5.54. The summed E-state index contributed by atoms with van der Waals surface area (Å²) in [7, 11) is 0. The van der Waals surface area contributed by atoms with Gasteiger partial charge in [0.25, 0.3) is 0 Å². The van der Waals surface area contributed by atoms with Gasteiger partial charge >= 0.3 is 0 Å². The minimum atomic E-state index is 0.225. The zero-order valence-corrected chi connectivity index (χ0v) is 10.4. The zero-order chi connectivity index (χ0) is 12.1. The summed E-state index contributed by atoms with van der Waals surface area (Å²) >= 11 is 0. The number of hydrogen-bond acceptors (Lipinski definition) is 5. The molecule has 96 valence electrons. The molecule has 0 saturated carbocycles. The van der Waals surface area contributed by atoms with Gasteiger partial charge < -0.3 is 19.3 Å². The Balaban J connectivity index is 1.67. The van der Waals surface area contributed by atoms with Crippen LogP contribution in [0.2, 0.25) is 0 Å². The van der Waals surface area contributed by atoms with Crippen LogP contribution in [0.15, 0.2) is 10.6 Å². The summed E-state index contributed by atoms with van der Waals surface area (Å²) in [6, 6.07) is 1.94. The number of nitrogens with one attached hydrogen (secondary N) is 1. The van der Waals surface area contributed by atoms with Crippen molar-refractivity contribution in [3.8, 4) is 0 Å². The second-order valence-corrected chi connectivity index (χ2v) is 4.78. The van der Waals surface area contributed by atoms with Crippen molar-refractivity contribution in [3.05, 3.63) is 17.5 Å². The molecule has 1 aromatic rings. The van der Waals surface area contributed by atoms with Gasteiger partial charge in [0.1, 0.15) is 12.7 Å². The smallest absolute Gasteiger partial charge is 0.162 e. The highest BCUT2D eigenvalue weighted by atomic mass is 16.6. The third kappa shape index (κ3) is 4.11. The van der Waals surface area contributed by atoms with E-state index in [2.05, 4.69) is 24.3 Å². The zero-order valence-electron chi connectivity index (χ0n) is 10.4. The minimum absolute atomic E-state index is 0.225. The second kappa shape index (κ2) is 6.14. The topological polar surface area (TPSA) is 56.5 Å². The van der Waals surface area contributed by atoms with Gasteiger partial charge in [-0.2, -0.15) is 0 Å². The van der Waals surface area contributed by atoms with Crippen molar-refractivity contribution in [2.24, 2.45) is 5.92 Å². The summed E-state index contributed by atoms with van der Waals surface area (Å²) in [4.78, 5) is 0. The van der Waals surface area contributed by atoms with E-state index in [0.717, 1.165) is 24.5 Å². The molecule has 0 aliphatic carbocycles. The molecule has 1 N–H and O–H groups in total. The van der Waals surface area contributed by atoms with Crippen LogP contribution in [0, 0.1) is 5.92 Å². The van der Waals surface area contributed by atoms with Gasteiger partial charge in [0, 0.05) is 12.6 Å². The number of ether oxygens (including phenoxy) is 2. The molecule has 1 fully saturated rings. The molecule has 0 unspecified atom stereocenters. The van der Waals surface area contributed by atoms with Crippen LogP contribution in [-0.2, 0) is 22.6 Å². The molecule has 5 heteroatoms. The predicted octanol–water partition coefficient (Wildman–Crippen LogP) is 1.34. The summed E-state index contributed by atoms with van der Waals surface area (Å²) in [6.45, 7) is 7.94. The minimum Gasteiger partial charge on any atom is -0.376 e. The predicted molar refractivity (Wildman–Crippen MR) is 62.4 cm³/mol. The second-order valence-electron chi connectivity index (χ2n) is 4.78. The van der Waals surface area contributed by atoms with Crippen molar-refractivity contribution in [2.75, 3.05) is 19.8 Å². The fourth-order valence-electron chi connectivity index (χ4n) is 1.51. The van der Waals surface area contributed by atoms with Gasteiger partial charge in [-0.25, -0.2) is 0 Å². The molecule has 0 spiro atoms. The van der Waals surface area contributed by atoms with E-state index in [1.807, 2.05) is 6.07 Å². The van der Waals surface area contributed by atoms with Crippen LogP contribution < -0.4 is 5.32 Å². The highest BCUT2D eigenvalue weighted by molar-refractivity contribution is 5.04. The first kappa shape index (κ1) is 12.5. The van der Waals surface area contributed by atoms with E-state index in [9.17, 15) is 0 Å². The van der Waals surface area contributed by atoms with Crippen molar-refractivity contribution >= 4 is 0 Å². The number of nitrogens with zero attached hydrogens (tertiary/aromatic N) is 1. The Morgan fingerprint density at radius 2 is 2.35 bits per heavy atom.